The summed E-state index contributed by atoms with van der Waals surface area (Å²) in [6.45, 7) is 1.80. The number of aromatic amines is 1. The highest BCUT2D eigenvalue weighted by molar-refractivity contribution is 6.08. The number of amides is 2. The Labute approximate surface area is 216 Å². The Morgan fingerprint density at radius 3 is 2.74 bits per heavy atom. The lowest BCUT2D eigenvalue weighted by molar-refractivity contribution is -0.134. The molecule has 1 aromatic carbocycles. The number of halogens is 3. The molecule has 2 atom stereocenters. The highest BCUT2D eigenvalue weighted by Gasteiger charge is 2.37. The standard InChI is InChI=1S/C26H28F3N5O4/c1-13-31-22(16-7-15(25(28)29)5-6-20(16)38-11-14-3-4-14)24-23(32-13)17(8-30-24)26(36)33-19-10-34(9-18(19)27)21(35)12-37-2/h5-8,14,18-19,25,30H,3-4,9-12H2,1-2H3,(H,33,36)/t18-,19-/m0/s1. The van der Waals surface area contributed by atoms with Gasteiger partial charge in [0.2, 0.25) is 5.91 Å². The van der Waals surface area contributed by atoms with Gasteiger partial charge in [0.05, 0.1) is 30.3 Å². The molecule has 2 aromatic heterocycles. The molecule has 2 aliphatic rings. The van der Waals surface area contributed by atoms with Gasteiger partial charge in [0.25, 0.3) is 12.3 Å². The maximum Gasteiger partial charge on any atom is 0.263 e. The molecular formula is C26H28F3N5O4. The summed E-state index contributed by atoms with van der Waals surface area (Å²) in [6.07, 6.45) is -0.578. The second-order valence-corrected chi connectivity index (χ2v) is 9.68. The Kier molecular flexibility index (Phi) is 7.24. The van der Waals surface area contributed by atoms with Gasteiger partial charge in [0, 0.05) is 31.0 Å². The number of hydrogen-bond donors (Lipinski definition) is 2. The van der Waals surface area contributed by atoms with Crippen molar-refractivity contribution in [3.63, 3.8) is 0 Å². The smallest absolute Gasteiger partial charge is 0.263 e. The van der Waals surface area contributed by atoms with Gasteiger partial charge in [-0.1, -0.05) is 0 Å². The number of hydrogen-bond acceptors (Lipinski definition) is 6. The third-order valence-electron chi connectivity index (χ3n) is 6.75. The van der Waals surface area contributed by atoms with E-state index in [1.807, 2.05) is 0 Å². The number of nitrogens with zero attached hydrogens (tertiary/aromatic N) is 3. The first-order valence-electron chi connectivity index (χ1n) is 12.4. The molecule has 0 spiro atoms. The number of aryl methyl sites for hydroxylation is 1. The lowest BCUT2D eigenvalue weighted by atomic mass is 10.0. The minimum atomic E-state index is -2.69. The van der Waals surface area contributed by atoms with Crippen molar-refractivity contribution in [2.24, 2.45) is 5.92 Å². The summed E-state index contributed by atoms with van der Waals surface area (Å²) in [5.41, 5.74) is 1.27. The first-order chi connectivity index (χ1) is 18.2. The number of ether oxygens (including phenoxy) is 2. The van der Waals surface area contributed by atoms with Crippen LogP contribution in [0.2, 0.25) is 0 Å². The first kappa shape index (κ1) is 26.0. The van der Waals surface area contributed by atoms with Crippen LogP contribution in [0.4, 0.5) is 13.2 Å². The normalized spacial score (nSPS) is 19.4. The van der Waals surface area contributed by atoms with Gasteiger partial charge in [-0.3, -0.25) is 9.59 Å². The highest BCUT2D eigenvalue weighted by atomic mass is 19.3. The molecule has 1 saturated carbocycles. The minimum Gasteiger partial charge on any atom is -0.493 e. The van der Waals surface area contributed by atoms with E-state index in [-0.39, 0.29) is 42.2 Å². The van der Waals surface area contributed by atoms with E-state index in [1.165, 1.54) is 36.4 Å². The number of benzene rings is 1. The first-order valence-corrected chi connectivity index (χ1v) is 12.4. The van der Waals surface area contributed by atoms with E-state index in [4.69, 9.17) is 9.47 Å². The van der Waals surface area contributed by atoms with Crippen molar-refractivity contribution in [3.05, 3.63) is 41.3 Å². The number of H-pyrrole nitrogens is 1. The molecule has 5 rings (SSSR count). The maximum atomic E-state index is 14.6. The third kappa shape index (κ3) is 5.31. The molecule has 1 saturated heterocycles. The quantitative estimate of drug-likeness (QED) is 0.437. The average Bonchev–Trinajstić information content (AvgIpc) is 3.51. The molecule has 0 radical (unpaired) electrons. The molecule has 202 valence electrons. The zero-order valence-electron chi connectivity index (χ0n) is 21.0. The number of alkyl halides is 3. The van der Waals surface area contributed by atoms with Crippen molar-refractivity contribution >= 4 is 22.8 Å². The van der Waals surface area contributed by atoms with Crippen LogP contribution >= 0.6 is 0 Å². The lowest BCUT2D eigenvalue weighted by Gasteiger charge is -2.16. The highest BCUT2D eigenvalue weighted by Crippen LogP contribution is 2.38. The summed E-state index contributed by atoms with van der Waals surface area (Å²) >= 11 is 0. The van der Waals surface area contributed by atoms with Crippen LogP contribution in [-0.4, -0.2) is 77.3 Å². The maximum absolute atomic E-state index is 14.6. The fourth-order valence-corrected chi connectivity index (χ4v) is 4.54. The summed E-state index contributed by atoms with van der Waals surface area (Å²) in [5.74, 6) is 0.227. The van der Waals surface area contributed by atoms with Gasteiger partial charge in [-0.05, 0) is 43.9 Å². The molecule has 2 fully saturated rings. The zero-order valence-corrected chi connectivity index (χ0v) is 21.0. The lowest BCUT2D eigenvalue weighted by Crippen LogP contribution is -2.42. The fraction of sp³-hybridized carbons (Fsp3) is 0.462. The topological polar surface area (TPSA) is 109 Å². The molecular weight excluding hydrogens is 503 g/mol. The molecule has 38 heavy (non-hydrogen) atoms. The van der Waals surface area contributed by atoms with Crippen LogP contribution < -0.4 is 10.1 Å². The molecule has 12 heteroatoms. The van der Waals surface area contributed by atoms with E-state index in [2.05, 4.69) is 20.3 Å². The van der Waals surface area contributed by atoms with Crippen molar-refractivity contribution in [2.75, 3.05) is 33.4 Å². The number of methoxy groups -OCH3 is 1. The van der Waals surface area contributed by atoms with E-state index in [9.17, 15) is 22.8 Å². The van der Waals surface area contributed by atoms with Crippen LogP contribution in [0.1, 0.15) is 41.0 Å². The minimum absolute atomic E-state index is 0.0127. The number of nitrogens with one attached hydrogen (secondary N) is 2. The number of carbonyl (C=O) groups is 2. The van der Waals surface area contributed by atoms with Crippen molar-refractivity contribution < 1.29 is 32.2 Å². The molecule has 1 aliphatic carbocycles. The van der Waals surface area contributed by atoms with Crippen LogP contribution in [0.25, 0.3) is 22.3 Å². The summed E-state index contributed by atoms with van der Waals surface area (Å²) < 4.78 is 52.6. The van der Waals surface area contributed by atoms with Gasteiger partial charge < -0.3 is 24.7 Å². The van der Waals surface area contributed by atoms with Gasteiger partial charge in [-0.2, -0.15) is 0 Å². The van der Waals surface area contributed by atoms with Gasteiger partial charge in [0.1, 0.15) is 35.6 Å². The van der Waals surface area contributed by atoms with E-state index >= 15 is 0 Å². The van der Waals surface area contributed by atoms with Crippen LogP contribution in [0, 0.1) is 12.8 Å². The fourth-order valence-electron chi connectivity index (χ4n) is 4.54. The number of fused-ring (bicyclic) bond motifs is 1. The van der Waals surface area contributed by atoms with Crippen molar-refractivity contribution in [3.8, 4) is 17.0 Å². The third-order valence-corrected chi connectivity index (χ3v) is 6.75. The second kappa shape index (κ2) is 10.6. The van der Waals surface area contributed by atoms with E-state index in [1.54, 1.807) is 6.92 Å². The van der Waals surface area contributed by atoms with Crippen LogP contribution in [0.3, 0.4) is 0 Å². The van der Waals surface area contributed by atoms with Gasteiger partial charge >= 0.3 is 0 Å². The summed E-state index contributed by atoms with van der Waals surface area (Å²) in [4.78, 5) is 38.4. The monoisotopic (exact) mass is 531 g/mol. The van der Waals surface area contributed by atoms with Crippen molar-refractivity contribution in [1.29, 1.82) is 0 Å². The zero-order chi connectivity index (χ0) is 27.0. The molecule has 2 N–H and O–H groups in total. The summed E-state index contributed by atoms with van der Waals surface area (Å²) in [6, 6.07) is 3.27. The Morgan fingerprint density at radius 1 is 1.24 bits per heavy atom. The number of likely N-dealkylation sites (tertiary alicyclic amines) is 1. The Balaban J connectivity index is 1.46. The van der Waals surface area contributed by atoms with Crippen LogP contribution in [-0.2, 0) is 9.53 Å². The average molecular weight is 532 g/mol. The Bertz CT molecular complexity index is 1360. The predicted molar refractivity (Wildman–Crippen MR) is 132 cm³/mol. The largest absolute Gasteiger partial charge is 0.493 e. The van der Waals surface area contributed by atoms with Crippen LogP contribution in [0.5, 0.6) is 5.75 Å². The van der Waals surface area contributed by atoms with E-state index < -0.39 is 24.5 Å². The predicted octanol–water partition coefficient (Wildman–Crippen LogP) is 3.58. The number of rotatable bonds is 9. The van der Waals surface area contributed by atoms with Gasteiger partial charge in [-0.15, -0.1) is 0 Å². The molecule has 1 aliphatic heterocycles. The summed E-state index contributed by atoms with van der Waals surface area (Å²) in [7, 11) is 1.38. The number of aromatic nitrogens is 3. The van der Waals surface area contributed by atoms with Gasteiger partial charge in [0.15, 0.2) is 0 Å². The summed E-state index contributed by atoms with van der Waals surface area (Å²) in [5, 5.41) is 2.65. The Hall–Kier alpha value is -3.67. The molecule has 3 aromatic rings. The van der Waals surface area contributed by atoms with Crippen molar-refractivity contribution in [2.45, 2.75) is 38.4 Å². The molecule has 0 unspecified atom stereocenters. The molecule has 0 bridgehead atoms. The Morgan fingerprint density at radius 2 is 2.03 bits per heavy atom. The van der Waals surface area contributed by atoms with Crippen molar-refractivity contribution in [1.82, 2.24) is 25.2 Å². The van der Waals surface area contributed by atoms with E-state index in [0.29, 0.717) is 40.9 Å². The molecule has 9 nitrogen and oxygen atoms in total. The molecule has 2 amide bonds. The molecule has 3 heterocycles. The SMILES string of the molecule is COCC(=O)N1C[C@H](NC(=O)c2c[nH]c3c(-c4cc(C(F)F)ccc4OCC4CC4)nc(C)nc23)[C@@H](F)C1. The van der Waals surface area contributed by atoms with Crippen LogP contribution in [0.15, 0.2) is 24.4 Å². The second-order valence-electron chi connectivity index (χ2n) is 9.68. The van der Waals surface area contributed by atoms with Gasteiger partial charge in [-0.25, -0.2) is 23.1 Å². The van der Waals surface area contributed by atoms with E-state index in [0.717, 1.165) is 12.8 Å². The number of carbonyl (C=O) groups excluding carboxylic acids is 2.